The van der Waals surface area contributed by atoms with Crippen molar-refractivity contribution in [2.24, 2.45) is 4.99 Å². The second-order valence-electron chi connectivity index (χ2n) is 11.9. The highest BCUT2D eigenvalue weighted by atomic mass is 35.5. The van der Waals surface area contributed by atoms with Crippen molar-refractivity contribution >= 4 is 41.0 Å². The van der Waals surface area contributed by atoms with Gasteiger partial charge in [0.1, 0.15) is 23.7 Å². The number of nitrogens with zero attached hydrogens (tertiary/aromatic N) is 3. The van der Waals surface area contributed by atoms with E-state index in [0.717, 1.165) is 16.7 Å². The minimum absolute atomic E-state index is 0.0328. The van der Waals surface area contributed by atoms with Crippen molar-refractivity contribution in [2.45, 2.75) is 51.6 Å². The number of aliphatic imine (C=N–C) groups is 1. The molecule has 42 heavy (non-hydrogen) atoms. The number of urea groups is 1. The van der Waals surface area contributed by atoms with Gasteiger partial charge in [-0.1, -0.05) is 74.3 Å². The van der Waals surface area contributed by atoms with E-state index < -0.39 is 11.6 Å². The molecule has 0 unspecified atom stereocenters. The second-order valence-corrected chi connectivity index (χ2v) is 12.7. The Morgan fingerprint density at radius 1 is 1.05 bits per heavy atom. The van der Waals surface area contributed by atoms with Gasteiger partial charge in [0.2, 0.25) is 5.91 Å². The molecule has 0 bridgehead atoms. The molecular formula is C33H36Cl2N4O3. The first kappa shape index (κ1) is 29.9. The maximum absolute atomic E-state index is 14.6. The van der Waals surface area contributed by atoms with Crippen LogP contribution in [0, 0.1) is 0 Å². The third kappa shape index (κ3) is 5.72. The molecule has 2 heterocycles. The molecule has 1 N–H and O–H groups in total. The first-order valence-corrected chi connectivity index (χ1v) is 14.9. The summed E-state index contributed by atoms with van der Waals surface area (Å²) in [6.07, 6.45) is 0. The van der Waals surface area contributed by atoms with Crippen LogP contribution in [0.15, 0.2) is 71.7 Å². The lowest BCUT2D eigenvalue weighted by atomic mass is 9.81. The molecular weight excluding hydrogens is 571 g/mol. The highest BCUT2D eigenvalue weighted by Gasteiger charge is 2.52. The number of benzene rings is 3. The summed E-state index contributed by atoms with van der Waals surface area (Å²) >= 11 is 12.6. The Morgan fingerprint density at radius 3 is 2.29 bits per heavy atom. The molecule has 3 amide bonds. The van der Waals surface area contributed by atoms with Gasteiger partial charge >= 0.3 is 6.03 Å². The summed E-state index contributed by atoms with van der Waals surface area (Å²) in [6, 6.07) is 20.3. The topological polar surface area (TPSA) is 74.2 Å². The van der Waals surface area contributed by atoms with Crippen LogP contribution in [-0.4, -0.2) is 53.8 Å². The molecule has 220 valence electrons. The van der Waals surface area contributed by atoms with Crippen molar-refractivity contribution < 1.29 is 14.3 Å². The molecule has 2 aliphatic heterocycles. The van der Waals surface area contributed by atoms with Gasteiger partial charge in [-0.15, -0.1) is 0 Å². The predicted molar refractivity (Wildman–Crippen MR) is 168 cm³/mol. The number of carbonyl (C=O) groups is 2. The van der Waals surface area contributed by atoms with Crippen molar-refractivity contribution in [2.75, 3.05) is 26.2 Å². The quantitative estimate of drug-likeness (QED) is 0.341. The van der Waals surface area contributed by atoms with Crippen LogP contribution in [0.25, 0.3) is 0 Å². The van der Waals surface area contributed by atoms with E-state index in [1.807, 2.05) is 74.5 Å². The lowest BCUT2D eigenvalue weighted by Crippen LogP contribution is -2.55. The lowest BCUT2D eigenvalue weighted by Gasteiger charge is -2.38. The molecule has 5 rings (SSSR count). The van der Waals surface area contributed by atoms with E-state index in [-0.39, 0.29) is 23.9 Å². The van der Waals surface area contributed by atoms with Crippen LogP contribution in [-0.2, 0) is 15.7 Å². The summed E-state index contributed by atoms with van der Waals surface area (Å²) in [7, 11) is 0. The van der Waals surface area contributed by atoms with Crippen molar-refractivity contribution in [3.8, 4) is 5.75 Å². The first-order valence-electron chi connectivity index (χ1n) is 14.2. The number of amides is 3. The molecule has 0 saturated carbocycles. The van der Waals surface area contributed by atoms with Gasteiger partial charge in [0, 0.05) is 23.1 Å². The smallest absolute Gasteiger partial charge is 0.326 e. The summed E-state index contributed by atoms with van der Waals surface area (Å²) in [4.78, 5) is 35.6. The molecule has 2 aliphatic rings. The summed E-state index contributed by atoms with van der Waals surface area (Å²) in [5.41, 5.74) is 2.54. The molecule has 1 saturated heterocycles. The molecule has 7 nitrogen and oxygen atoms in total. The zero-order valence-electron chi connectivity index (χ0n) is 24.6. The largest absolute Gasteiger partial charge is 0.493 e. The molecule has 3 aromatic rings. The molecule has 0 aromatic heterocycles. The van der Waals surface area contributed by atoms with Crippen LogP contribution < -0.4 is 10.1 Å². The third-order valence-corrected chi connectivity index (χ3v) is 8.38. The van der Waals surface area contributed by atoms with Crippen molar-refractivity contribution in [1.82, 2.24) is 15.1 Å². The molecule has 0 aliphatic carbocycles. The van der Waals surface area contributed by atoms with Gasteiger partial charge in [0.15, 0.2) is 0 Å². The van der Waals surface area contributed by atoms with Gasteiger partial charge in [0.05, 0.1) is 18.2 Å². The van der Waals surface area contributed by atoms with E-state index in [4.69, 9.17) is 32.9 Å². The molecule has 3 aromatic carbocycles. The van der Waals surface area contributed by atoms with Crippen LogP contribution in [0.4, 0.5) is 4.79 Å². The Kier molecular flexibility index (Phi) is 8.28. The van der Waals surface area contributed by atoms with E-state index in [1.54, 1.807) is 9.80 Å². The number of piperazine rings is 1. The maximum atomic E-state index is 14.6. The fourth-order valence-electron chi connectivity index (χ4n) is 5.63. The molecule has 9 heteroatoms. The van der Waals surface area contributed by atoms with Crippen LogP contribution >= 0.6 is 23.2 Å². The van der Waals surface area contributed by atoms with Crippen molar-refractivity contribution in [3.05, 3.63) is 99.0 Å². The monoisotopic (exact) mass is 606 g/mol. The normalized spacial score (nSPS) is 20.8. The third-order valence-electron chi connectivity index (χ3n) is 7.87. The average Bonchev–Trinajstić information content (AvgIpc) is 3.27. The SMILES string of the molecule is CCOc1cc(C(C)(C)C)ccc1C1=N[C@@](C)(c2ccc(Cl)cc2)[C@H](c2ccc(Cl)cc2)N1C(=O)N1CCNC(=O)C1. The van der Waals surface area contributed by atoms with Gasteiger partial charge < -0.3 is 15.0 Å². The number of ether oxygens (including phenoxy) is 1. The molecule has 0 radical (unpaired) electrons. The fourth-order valence-corrected chi connectivity index (χ4v) is 5.88. The van der Waals surface area contributed by atoms with Gasteiger partial charge in [-0.2, -0.15) is 0 Å². The number of amidine groups is 1. The van der Waals surface area contributed by atoms with Gasteiger partial charge in [-0.3, -0.25) is 14.7 Å². The van der Waals surface area contributed by atoms with Crippen LogP contribution in [0.1, 0.15) is 62.9 Å². The average molecular weight is 608 g/mol. The summed E-state index contributed by atoms with van der Waals surface area (Å²) in [6.45, 7) is 11.6. The fraction of sp³-hybridized carbons (Fsp3) is 0.364. The summed E-state index contributed by atoms with van der Waals surface area (Å²) in [5, 5.41) is 4.01. The standard InChI is InChI=1S/C33H36Cl2N4O3/c1-6-42-27-19-23(32(2,3)4)11-16-26(27)30-37-33(5,22-9-14-25(35)15-10-22)29(21-7-12-24(34)13-8-21)39(30)31(41)38-18-17-36-28(40)20-38/h7-16,19,29H,6,17-18,20H2,1-5H3,(H,36,40)/t29-,33-/m0/s1. The second kappa shape index (κ2) is 11.6. The zero-order chi connectivity index (χ0) is 30.2. The number of nitrogens with one attached hydrogen (secondary N) is 1. The number of rotatable bonds is 5. The van der Waals surface area contributed by atoms with Crippen molar-refractivity contribution in [3.63, 3.8) is 0 Å². The van der Waals surface area contributed by atoms with Gasteiger partial charge in [-0.05, 0) is 72.4 Å². The Balaban J connectivity index is 1.76. The number of hydrogen-bond donors (Lipinski definition) is 1. The highest BCUT2D eigenvalue weighted by molar-refractivity contribution is 6.30. The maximum Gasteiger partial charge on any atom is 0.326 e. The van der Waals surface area contributed by atoms with Crippen LogP contribution in [0.2, 0.25) is 10.0 Å². The minimum Gasteiger partial charge on any atom is -0.493 e. The van der Waals surface area contributed by atoms with E-state index in [2.05, 4.69) is 32.2 Å². The number of halogens is 2. The Morgan fingerprint density at radius 2 is 1.69 bits per heavy atom. The lowest BCUT2D eigenvalue weighted by molar-refractivity contribution is -0.123. The van der Waals surface area contributed by atoms with Gasteiger partial charge in [0.25, 0.3) is 0 Å². The first-order chi connectivity index (χ1) is 19.9. The minimum atomic E-state index is -0.909. The van der Waals surface area contributed by atoms with E-state index in [1.165, 1.54) is 0 Å². The van der Waals surface area contributed by atoms with Crippen LogP contribution in [0.5, 0.6) is 5.75 Å². The van der Waals surface area contributed by atoms with E-state index >= 15 is 0 Å². The highest BCUT2D eigenvalue weighted by Crippen LogP contribution is 2.50. The van der Waals surface area contributed by atoms with Crippen LogP contribution in [0.3, 0.4) is 0 Å². The Hall–Kier alpha value is -3.55. The molecule has 2 atom stereocenters. The summed E-state index contributed by atoms with van der Waals surface area (Å²) in [5.74, 6) is 0.931. The van der Waals surface area contributed by atoms with E-state index in [9.17, 15) is 9.59 Å². The zero-order valence-corrected chi connectivity index (χ0v) is 26.1. The number of hydrogen-bond acceptors (Lipinski definition) is 4. The Bertz CT molecular complexity index is 1520. The Labute approximate surface area is 257 Å². The van der Waals surface area contributed by atoms with E-state index in [0.29, 0.717) is 46.9 Å². The molecule has 1 fully saturated rings. The number of carbonyl (C=O) groups excluding carboxylic acids is 2. The van der Waals surface area contributed by atoms with Gasteiger partial charge in [-0.25, -0.2) is 4.79 Å². The van der Waals surface area contributed by atoms with Crippen molar-refractivity contribution in [1.29, 1.82) is 0 Å². The summed E-state index contributed by atoms with van der Waals surface area (Å²) < 4.78 is 6.19. The molecule has 0 spiro atoms. The predicted octanol–water partition coefficient (Wildman–Crippen LogP) is 6.96.